The maximum Gasteiger partial charge on any atom is 0.262 e. The molecule has 3 nitrogen and oxygen atoms in total. The number of benzene rings is 3. The quantitative estimate of drug-likeness (QED) is 0.751. The topological polar surface area (TPSA) is 38.3 Å². The van der Waals surface area contributed by atoms with E-state index >= 15 is 0 Å². The van der Waals surface area contributed by atoms with Gasteiger partial charge in [0.15, 0.2) is 6.61 Å². The molecule has 0 atom stereocenters. The van der Waals surface area contributed by atoms with Crippen molar-refractivity contribution >= 4 is 11.6 Å². The molecule has 24 heavy (non-hydrogen) atoms. The third-order valence-electron chi connectivity index (χ3n) is 3.44. The highest BCUT2D eigenvalue weighted by Crippen LogP contribution is 2.21. The number of rotatable bonds is 5. The molecule has 1 amide bonds. The summed E-state index contributed by atoms with van der Waals surface area (Å²) in [4.78, 5) is 11.9. The van der Waals surface area contributed by atoms with E-state index in [1.165, 1.54) is 18.2 Å². The molecule has 3 aromatic rings. The van der Waals surface area contributed by atoms with Crippen molar-refractivity contribution in [3.63, 3.8) is 0 Å². The molecule has 3 rings (SSSR count). The average Bonchev–Trinajstić information content (AvgIpc) is 2.61. The molecule has 0 heterocycles. The van der Waals surface area contributed by atoms with E-state index in [0.717, 1.165) is 11.1 Å². The lowest BCUT2D eigenvalue weighted by Crippen LogP contribution is -2.20. The molecule has 3 aromatic carbocycles. The lowest BCUT2D eigenvalue weighted by atomic mass is 10.1. The Balaban J connectivity index is 1.57. The van der Waals surface area contributed by atoms with Crippen LogP contribution < -0.4 is 10.1 Å². The van der Waals surface area contributed by atoms with Gasteiger partial charge in [0, 0.05) is 11.8 Å². The molecule has 0 radical (unpaired) electrons. The van der Waals surface area contributed by atoms with Gasteiger partial charge in [-0.3, -0.25) is 4.79 Å². The minimum atomic E-state index is -0.399. The predicted octanol–water partition coefficient (Wildman–Crippen LogP) is 4.51. The van der Waals surface area contributed by atoms with E-state index in [1.54, 1.807) is 6.07 Å². The van der Waals surface area contributed by atoms with Gasteiger partial charge in [0.05, 0.1) is 0 Å². The van der Waals surface area contributed by atoms with Gasteiger partial charge in [-0.1, -0.05) is 48.5 Å². The lowest BCUT2D eigenvalue weighted by molar-refractivity contribution is -0.118. The zero-order chi connectivity index (χ0) is 16.8. The Kier molecular flexibility index (Phi) is 4.87. The smallest absolute Gasteiger partial charge is 0.262 e. The summed E-state index contributed by atoms with van der Waals surface area (Å²) in [6.07, 6.45) is 0. The Labute approximate surface area is 139 Å². The summed E-state index contributed by atoms with van der Waals surface area (Å²) >= 11 is 0. The SMILES string of the molecule is O=C(COc1cccc(F)c1)Nc1ccc(-c2ccccc2)cc1. The van der Waals surface area contributed by atoms with Crippen LogP contribution in [0.15, 0.2) is 78.9 Å². The van der Waals surface area contributed by atoms with Crippen LogP contribution in [0.25, 0.3) is 11.1 Å². The van der Waals surface area contributed by atoms with Crippen molar-refractivity contribution < 1.29 is 13.9 Å². The van der Waals surface area contributed by atoms with Gasteiger partial charge in [0.1, 0.15) is 11.6 Å². The standard InChI is InChI=1S/C20H16FNO2/c21-17-7-4-8-19(13-17)24-14-20(23)22-18-11-9-16(10-12-18)15-5-2-1-3-6-15/h1-13H,14H2,(H,22,23). The van der Waals surface area contributed by atoms with Crippen molar-refractivity contribution in [3.8, 4) is 16.9 Å². The summed E-state index contributed by atoms with van der Waals surface area (Å²) in [7, 11) is 0. The van der Waals surface area contributed by atoms with Gasteiger partial charge in [0.25, 0.3) is 5.91 Å². The predicted molar refractivity (Wildman–Crippen MR) is 92.4 cm³/mol. The molecule has 0 saturated carbocycles. The summed E-state index contributed by atoms with van der Waals surface area (Å²) in [5, 5.41) is 2.75. The largest absolute Gasteiger partial charge is 0.484 e. The van der Waals surface area contributed by atoms with Crippen molar-refractivity contribution in [3.05, 3.63) is 84.7 Å². The van der Waals surface area contributed by atoms with Gasteiger partial charge in [-0.15, -0.1) is 0 Å². The normalized spacial score (nSPS) is 10.2. The third-order valence-corrected chi connectivity index (χ3v) is 3.44. The Bertz CT molecular complexity index is 817. The molecule has 0 aliphatic heterocycles. The van der Waals surface area contributed by atoms with Gasteiger partial charge in [-0.05, 0) is 35.4 Å². The first-order valence-electron chi connectivity index (χ1n) is 7.54. The van der Waals surface area contributed by atoms with E-state index in [0.29, 0.717) is 11.4 Å². The molecule has 0 spiro atoms. The maximum atomic E-state index is 13.0. The molecular weight excluding hydrogens is 305 g/mol. The molecule has 0 saturated heterocycles. The molecule has 1 N–H and O–H groups in total. The molecule has 0 aromatic heterocycles. The highest BCUT2D eigenvalue weighted by atomic mass is 19.1. The number of hydrogen-bond acceptors (Lipinski definition) is 2. The zero-order valence-corrected chi connectivity index (χ0v) is 12.9. The second-order valence-electron chi connectivity index (χ2n) is 5.24. The van der Waals surface area contributed by atoms with Gasteiger partial charge in [0.2, 0.25) is 0 Å². The van der Waals surface area contributed by atoms with Crippen LogP contribution in [0.2, 0.25) is 0 Å². The fourth-order valence-corrected chi connectivity index (χ4v) is 2.28. The number of nitrogens with one attached hydrogen (secondary N) is 1. The first-order valence-corrected chi connectivity index (χ1v) is 7.54. The molecule has 0 bridgehead atoms. The third kappa shape index (κ3) is 4.20. The highest BCUT2D eigenvalue weighted by Gasteiger charge is 2.05. The Morgan fingerprint density at radius 3 is 2.29 bits per heavy atom. The summed E-state index contributed by atoms with van der Waals surface area (Å²) < 4.78 is 18.3. The lowest BCUT2D eigenvalue weighted by Gasteiger charge is -2.08. The molecule has 0 aliphatic carbocycles. The molecule has 0 unspecified atom stereocenters. The first-order chi connectivity index (χ1) is 11.7. The number of ether oxygens (including phenoxy) is 1. The van der Waals surface area contributed by atoms with Crippen LogP contribution >= 0.6 is 0 Å². The summed E-state index contributed by atoms with van der Waals surface area (Å²) in [6.45, 7) is -0.177. The second kappa shape index (κ2) is 7.42. The second-order valence-corrected chi connectivity index (χ2v) is 5.24. The van der Waals surface area contributed by atoms with E-state index in [2.05, 4.69) is 5.32 Å². The molecular formula is C20H16FNO2. The Morgan fingerprint density at radius 2 is 1.58 bits per heavy atom. The van der Waals surface area contributed by atoms with Gasteiger partial charge in [-0.2, -0.15) is 0 Å². The molecule has 0 aliphatic rings. The summed E-state index contributed by atoms with van der Waals surface area (Å²) in [5.74, 6) is -0.374. The minimum absolute atomic E-state index is 0.177. The Morgan fingerprint density at radius 1 is 0.875 bits per heavy atom. The monoisotopic (exact) mass is 321 g/mol. The fraction of sp³-hybridized carbons (Fsp3) is 0.0500. The average molecular weight is 321 g/mol. The van der Waals surface area contributed by atoms with Crippen LogP contribution in [0.1, 0.15) is 0 Å². The maximum absolute atomic E-state index is 13.0. The fourth-order valence-electron chi connectivity index (χ4n) is 2.28. The van der Waals surface area contributed by atoms with Crippen molar-refractivity contribution in [2.24, 2.45) is 0 Å². The van der Waals surface area contributed by atoms with Gasteiger partial charge >= 0.3 is 0 Å². The van der Waals surface area contributed by atoms with Crippen molar-refractivity contribution in [2.45, 2.75) is 0 Å². The van der Waals surface area contributed by atoms with Gasteiger partial charge < -0.3 is 10.1 Å². The number of amides is 1. The number of anilines is 1. The van der Waals surface area contributed by atoms with Crippen LogP contribution in [0.5, 0.6) is 5.75 Å². The Hall–Kier alpha value is -3.14. The highest BCUT2D eigenvalue weighted by molar-refractivity contribution is 5.92. The van der Waals surface area contributed by atoms with Crippen molar-refractivity contribution in [1.82, 2.24) is 0 Å². The number of halogens is 1. The molecule has 120 valence electrons. The van der Waals surface area contributed by atoms with Crippen molar-refractivity contribution in [2.75, 3.05) is 11.9 Å². The van der Waals surface area contributed by atoms with E-state index in [4.69, 9.17) is 4.74 Å². The van der Waals surface area contributed by atoms with E-state index < -0.39 is 5.82 Å². The van der Waals surface area contributed by atoms with Crippen LogP contribution in [-0.2, 0) is 4.79 Å². The zero-order valence-electron chi connectivity index (χ0n) is 12.9. The first kappa shape index (κ1) is 15.7. The van der Waals surface area contributed by atoms with E-state index in [9.17, 15) is 9.18 Å². The summed E-state index contributed by atoms with van der Waals surface area (Å²) in [5.41, 5.74) is 2.87. The van der Waals surface area contributed by atoms with Crippen LogP contribution in [0.3, 0.4) is 0 Å². The summed E-state index contributed by atoms with van der Waals surface area (Å²) in [6, 6.07) is 23.2. The van der Waals surface area contributed by atoms with Crippen LogP contribution in [0, 0.1) is 5.82 Å². The minimum Gasteiger partial charge on any atom is -0.484 e. The van der Waals surface area contributed by atoms with Crippen LogP contribution in [-0.4, -0.2) is 12.5 Å². The van der Waals surface area contributed by atoms with Crippen molar-refractivity contribution in [1.29, 1.82) is 0 Å². The van der Waals surface area contributed by atoms with Gasteiger partial charge in [-0.25, -0.2) is 4.39 Å². The van der Waals surface area contributed by atoms with Crippen LogP contribution in [0.4, 0.5) is 10.1 Å². The number of carbonyl (C=O) groups is 1. The van der Waals surface area contributed by atoms with E-state index in [1.807, 2.05) is 54.6 Å². The number of hydrogen-bond donors (Lipinski definition) is 1. The van der Waals surface area contributed by atoms with E-state index in [-0.39, 0.29) is 12.5 Å². The number of carbonyl (C=O) groups excluding carboxylic acids is 1. The molecule has 4 heteroatoms. The molecule has 0 fully saturated rings.